The van der Waals surface area contributed by atoms with Crippen LogP contribution in [0.1, 0.15) is 7.43 Å². The molecule has 7 heteroatoms. The highest BCUT2D eigenvalue weighted by molar-refractivity contribution is 5.88. The van der Waals surface area contributed by atoms with E-state index in [0.717, 1.165) is 12.1 Å². The molecule has 2 aromatic carbocycles. The molecular weight excluding hydrogens is 316 g/mol. The molecule has 1 heterocycles. The second kappa shape index (κ2) is 6.04. The summed E-state index contributed by atoms with van der Waals surface area (Å²) in [6.45, 7) is 0. The van der Waals surface area contributed by atoms with Crippen LogP contribution in [0, 0.1) is 0 Å². The third-order valence-electron chi connectivity index (χ3n) is 3.38. The fourth-order valence-electron chi connectivity index (χ4n) is 2.29. The van der Waals surface area contributed by atoms with Crippen LogP contribution in [-0.4, -0.2) is 27.5 Å². The van der Waals surface area contributed by atoms with E-state index in [4.69, 9.17) is 9.15 Å². The smallest absolute Gasteiger partial charge is 0.238 e. The van der Waals surface area contributed by atoms with Crippen molar-refractivity contribution in [1.82, 2.24) is 0 Å². The molecule has 7 nitrogen and oxygen atoms in total. The quantitative estimate of drug-likeness (QED) is 0.569. The van der Waals surface area contributed by atoms with E-state index in [2.05, 4.69) is 0 Å². The molecule has 24 heavy (non-hydrogen) atoms. The van der Waals surface area contributed by atoms with Gasteiger partial charge in [0.05, 0.1) is 7.11 Å². The molecular formula is C17H16O7. The zero-order valence-electron chi connectivity index (χ0n) is 11.9. The Labute approximate surface area is 136 Å². The summed E-state index contributed by atoms with van der Waals surface area (Å²) < 4.78 is 10.4. The van der Waals surface area contributed by atoms with Gasteiger partial charge >= 0.3 is 0 Å². The van der Waals surface area contributed by atoms with Crippen LogP contribution < -0.4 is 10.2 Å². The molecule has 0 radical (unpaired) electrons. The van der Waals surface area contributed by atoms with Crippen molar-refractivity contribution in [3.8, 4) is 40.1 Å². The minimum atomic E-state index is -0.842. The molecule has 1 aromatic heterocycles. The van der Waals surface area contributed by atoms with Gasteiger partial charge in [-0.05, 0) is 18.2 Å². The molecule has 0 saturated heterocycles. The summed E-state index contributed by atoms with van der Waals surface area (Å²) >= 11 is 0. The van der Waals surface area contributed by atoms with Crippen LogP contribution in [-0.2, 0) is 0 Å². The van der Waals surface area contributed by atoms with Crippen LogP contribution in [0.2, 0.25) is 0 Å². The Bertz CT molecular complexity index is 973. The Balaban J connectivity index is 0.00000208. The van der Waals surface area contributed by atoms with Crippen molar-refractivity contribution in [3.63, 3.8) is 0 Å². The first kappa shape index (κ1) is 17.0. The van der Waals surface area contributed by atoms with Gasteiger partial charge in [-0.15, -0.1) is 0 Å². The zero-order chi connectivity index (χ0) is 16.7. The number of ether oxygens (including phenoxy) is 1. The van der Waals surface area contributed by atoms with Gasteiger partial charge in [-0.2, -0.15) is 0 Å². The Morgan fingerprint density at radius 1 is 1.00 bits per heavy atom. The highest BCUT2D eigenvalue weighted by Crippen LogP contribution is 2.37. The minimum Gasteiger partial charge on any atom is -0.508 e. The van der Waals surface area contributed by atoms with Crippen molar-refractivity contribution >= 4 is 11.0 Å². The van der Waals surface area contributed by atoms with E-state index in [9.17, 15) is 25.2 Å². The second-order valence-corrected chi connectivity index (χ2v) is 4.83. The molecule has 0 spiro atoms. The maximum Gasteiger partial charge on any atom is 0.238 e. The fraction of sp³-hybridized carbons (Fsp3) is 0.118. The molecule has 0 atom stereocenters. The number of phenolic OH excluding ortho intramolecular Hbond substituents is 3. The van der Waals surface area contributed by atoms with Gasteiger partial charge in [0.1, 0.15) is 22.5 Å². The van der Waals surface area contributed by atoms with Crippen molar-refractivity contribution in [2.24, 2.45) is 0 Å². The molecule has 0 fully saturated rings. The topological polar surface area (TPSA) is 120 Å². The highest BCUT2D eigenvalue weighted by atomic mass is 16.5. The number of benzene rings is 2. The predicted molar refractivity (Wildman–Crippen MR) is 87.9 cm³/mol. The molecule has 0 saturated carbocycles. The molecule has 3 rings (SSSR count). The van der Waals surface area contributed by atoms with Crippen molar-refractivity contribution < 1.29 is 29.6 Å². The molecule has 0 aliphatic carbocycles. The lowest BCUT2D eigenvalue weighted by atomic mass is 10.1. The maximum atomic E-state index is 12.2. The van der Waals surface area contributed by atoms with Gasteiger partial charge < -0.3 is 29.6 Å². The van der Waals surface area contributed by atoms with E-state index >= 15 is 0 Å². The summed E-state index contributed by atoms with van der Waals surface area (Å²) in [7, 11) is 1.35. The summed E-state index contributed by atoms with van der Waals surface area (Å²) in [5.74, 6) is -1.66. The third-order valence-corrected chi connectivity index (χ3v) is 3.38. The van der Waals surface area contributed by atoms with Crippen molar-refractivity contribution in [2.75, 3.05) is 7.11 Å². The van der Waals surface area contributed by atoms with Gasteiger partial charge in [0, 0.05) is 17.7 Å². The van der Waals surface area contributed by atoms with Crippen LogP contribution >= 0.6 is 0 Å². The number of aromatic hydroxyl groups is 4. The normalized spacial score (nSPS) is 10.4. The number of hydrogen-bond acceptors (Lipinski definition) is 7. The Kier molecular flexibility index (Phi) is 4.28. The first-order valence-electron chi connectivity index (χ1n) is 6.51. The van der Waals surface area contributed by atoms with Gasteiger partial charge in [-0.1, -0.05) is 7.43 Å². The average molecular weight is 332 g/mol. The van der Waals surface area contributed by atoms with Gasteiger partial charge in [0.25, 0.3) is 0 Å². The second-order valence-electron chi connectivity index (χ2n) is 4.83. The monoisotopic (exact) mass is 332 g/mol. The maximum absolute atomic E-state index is 12.2. The van der Waals surface area contributed by atoms with Crippen LogP contribution in [0.5, 0.6) is 28.7 Å². The van der Waals surface area contributed by atoms with Crippen molar-refractivity contribution in [2.45, 2.75) is 7.43 Å². The van der Waals surface area contributed by atoms with E-state index in [0.29, 0.717) is 0 Å². The van der Waals surface area contributed by atoms with Crippen molar-refractivity contribution in [3.05, 3.63) is 40.6 Å². The third kappa shape index (κ3) is 2.56. The van der Waals surface area contributed by atoms with Gasteiger partial charge in [-0.25, -0.2) is 0 Å². The predicted octanol–water partition coefficient (Wildman–Crippen LogP) is 2.93. The van der Waals surface area contributed by atoms with E-state index < -0.39 is 16.9 Å². The van der Waals surface area contributed by atoms with Crippen LogP contribution in [0.3, 0.4) is 0 Å². The number of methoxy groups -OCH3 is 1. The standard InChI is InChI=1S/C16H12O7.CH4/c1-22-11-4-7(2-3-9(11)18)16-15(21)14(20)13-10(19)5-8(17)6-12(13)23-16;/h2-6,17-19,21H,1H3;1H4. The molecule has 0 aliphatic rings. The van der Waals surface area contributed by atoms with Crippen molar-refractivity contribution in [1.29, 1.82) is 0 Å². The molecule has 4 N–H and O–H groups in total. The lowest BCUT2D eigenvalue weighted by Gasteiger charge is -2.09. The molecule has 0 bridgehead atoms. The SMILES string of the molecule is C.COc1cc(-c2oc3cc(O)cc(O)c3c(=O)c2O)ccc1O. The van der Waals surface area contributed by atoms with E-state index in [-0.39, 0.29) is 47.0 Å². The Morgan fingerprint density at radius 2 is 1.71 bits per heavy atom. The highest BCUT2D eigenvalue weighted by Gasteiger charge is 2.19. The molecule has 0 aliphatic heterocycles. The average Bonchev–Trinajstić information content (AvgIpc) is 2.50. The van der Waals surface area contributed by atoms with E-state index in [1.54, 1.807) is 0 Å². The number of rotatable bonds is 2. The lowest BCUT2D eigenvalue weighted by Crippen LogP contribution is -2.03. The number of fused-ring (bicyclic) bond motifs is 1. The number of phenols is 3. The molecule has 126 valence electrons. The first-order chi connectivity index (χ1) is 10.9. The summed E-state index contributed by atoms with van der Waals surface area (Å²) in [5, 5.41) is 38.7. The minimum absolute atomic E-state index is 0. The van der Waals surface area contributed by atoms with Gasteiger partial charge in [0.2, 0.25) is 11.2 Å². The van der Waals surface area contributed by atoms with Crippen LogP contribution in [0.4, 0.5) is 0 Å². The largest absolute Gasteiger partial charge is 0.508 e. The Hall–Kier alpha value is -3.35. The fourth-order valence-corrected chi connectivity index (χ4v) is 2.29. The summed E-state index contributed by atoms with van der Waals surface area (Å²) in [6, 6.07) is 6.24. The summed E-state index contributed by atoms with van der Waals surface area (Å²) in [5.41, 5.74) is -0.655. The van der Waals surface area contributed by atoms with E-state index in [1.165, 1.54) is 25.3 Å². The molecule has 0 amide bonds. The Morgan fingerprint density at radius 3 is 2.38 bits per heavy atom. The van der Waals surface area contributed by atoms with Crippen LogP contribution in [0.15, 0.2) is 39.5 Å². The summed E-state index contributed by atoms with van der Waals surface area (Å²) in [4.78, 5) is 12.2. The van der Waals surface area contributed by atoms with E-state index in [1.807, 2.05) is 0 Å². The van der Waals surface area contributed by atoms with Gasteiger partial charge in [0.15, 0.2) is 17.3 Å². The molecule has 0 unspecified atom stereocenters. The van der Waals surface area contributed by atoms with Crippen LogP contribution in [0.25, 0.3) is 22.3 Å². The molecule has 3 aromatic rings. The zero-order valence-corrected chi connectivity index (χ0v) is 11.9. The first-order valence-corrected chi connectivity index (χ1v) is 6.51. The van der Waals surface area contributed by atoms with Gasteiger partial charge in [-0.3, -0.25) is 4.79 Å². The lowest BCUT2D eigenvalue weighted by molar-refractivity contribution is 0.373. The number of hydrogen-bond donors (Lipinski definition) is 4. The summed E-state index contributed by atoms with van der Waals surface area (Å²) in [6.07, 6.45) is 0.